The average Bonchev–Trinajstić information content (AvgIpc) is 3.43. The number of benzene rings is 1. The van der Waals surface area contributed by atoms with Crippen LogP contribution in [0.5, 0.6) is 5.75 Å². The third-order valence-corrected chi connectivity index (χ3v) is 7.62. The largest absolute Gasteiger partial charge is 0.493 e. The summed E-state index contributed by atoms with van der Waals surface area (Å²) in [5, 5.41) is 6.97. The Morgan fingerprint density at radius 1 is 1.07 bits per heavy atom. The second kappa shape index (κ2) is 14.9. The first-order valence-corrected chi connectivity index (χ1v) is 15.2. The summed E-state index contributed by atoms with van der Waals surface area (Å²) in [6, 6.07) is 3.30. The van der Waals surface area contributed by atoms with Crippen LogP contribution in [0.1, 0.15) is 70.2 Å². The van der Waals surface area contributed by atoms with Crippen molar-refractivity contribution in [2.24, 2.45) is 23.5 Å². The molecule has 0 saturated carbocycles. The van der Waals surface area contributed by atoms with E-state index in [0.717, 1.165) is 62.4 Å². The molecule has 0 radical (unpaired) electrons. The number of ether oxygens (including phenoxy) is 1. The third-order valence-electron chi connectivity index (χ3n) is 7.62. The highest BCUT2D eigenvalue weighted by molar-refractivity contribution is 5.97. The van der Waals surface area contributed by atoms with E-state index in [1.807, 2.05) is 43.3 Å². The minimum absolute atomic E-state index is 0.148. The molecule has 1 aliphatic rings. The van der Waals surface area contributed by atoms with Crippen molar-refractivity contribution in [3.63, 3.8) is 0 Å². The van der Waals surface area contributed by atoms with Crippen LogP contribution >= 0.6 is 0 Å². The molecule has 3 heterocycles. The summed E-state index contributed by atoms with van der Waals surface area (Å²) < 4.78 is 22.4. The highest BCUT2D eigenvalue weighted by Gasteiger charge is 2.23. The SMILES string of the molecule is CC(C)C[C@H](NC(=O)c1ccc(OCCCC2CCN(c3ncc(-c4cnn(CC(C)C)c4)cn3)CC2)cc1F)C(N)=O. The van der Waals surface area contributed by atoms with Gasteiger partial charge in [0.2, 0.25) is 11.9 Å². The fourth-order valence-electron chi connectivity index (χ4n) is 5.33. The van der Waals surface area contributed by atoms with Crippen LogP contribution in [0, 0.1) is 23.6 Å². The van der Waals surface area contributed by atoms with Gasteiger partial charge in [-0.15, -0.1) is 0 Å². The van der Waals surface area contributed by atoms with E-state index in [1.165, 1.54) is 12.1 Å². The normalized spacial score (nSPS) is 14.7. The van der Waals surface area contributed by atoms with Crippen LogP contribution in [-0.4, -0.2) is 57.3 Å². The number of carbonyl (C=O) groups is 2. The number of hydrogen-bond acceptors (Lipinski definition) is 7. The first-order valence-electron chi connectivity index (χ1n) is 15.2. The van der Waals surface area contributed by atoms with Gasteiger partial charge >= 0.3 is 0 Å². The van der Waals surface area contributed by atoms with Crippen LogP contribution < -0.4 is 20.7 Å². The van der Waals surface area contributed by atoms with E-state index >= 15 is 0 Å². The average molecular weight is 594 g/mol. The van der Waals surface area contributed by atoms with Crippen LogP contribution in [0.15, 0.2) is 43.0 Å². The van der Waals surface area contributed by atoms with E-state index in [2.05, 4.69) is 39.1 Å². The molecular weight excluding hydrogens is 549 g/mol. The van der Waals surface area contributed by atoms with Gasteiger partial charge in [0.1, 0.15) is 17.6 Å². The van der Waals surface area contributed by atoms with Gasteiger partial charge in [-0.05, 0) is 62.0 Å². The van der Waals surface area contributed by atoms with E-state index in [-0.39, 0.29) is 11.5 Å². The van der Waals surface area contributed by atoms with Gasteiger partial charge in [0.15, 0.2) is 0 Å². The van der Waals surface area contributed by atoms with Crippen molar-refractivity contribution in [3.8, 4) is 16.9 Å². The van der Waals surface area contributed by atoms with Crippen molar-refractivity contribution in [2.75, 3.05) is 24.6 Å². The van der Waals surface area contributed by atoms with Gasteiger partial charge in [0.25, 0.3) is 5.91 Å². The molecule has 3 aromatic rings. The van der Waals surface area contributed by atoms with Crippen molar-refractivity contribution in [1.29, 1.82) is 0 Å². The summed E-state index contributed by atoms with van der Waals surface area (Å²) in [6.07, 6.45) is 12.0. The lowest BCUT2D eigenvalue weighted by atomic mass is 9.92. The van der Waals surface area contributed by atoms with Gasteiger partial charge < -0.3 is 20.7 Å². The van der Waals surface area contributed by atoms with E-state index < -0.39 is 23.7 Å². The zero-order valence-electron chi connectivity index (χ0n) is 25.6. The molecule has 11 heteroatoms. The summed E-state index contributed by atoms with van der Waals surface area (Å²) in [4.78, 5) is 35.6. The van der Waals surface area contributed by atoms with Gasteiger partial charge in [0.05, 0.1) is 18.4 Å². The molecule has 1 saturated heterocycles. The second-order valence-electron chi connectivity index (χ2n) is 12.2. The Balaban J connectivity index is 1.18. The Kier molecular flexibility index (Phi) is 11.1. The molecule has 0 bridgehead atoms. The Bertz CT molecular complexity index is 1350. The van der Waals surface area contributed by atoms with Gasteiger partial charge in [-0.25, -0.2) is 14.4 Å². The van der Waals surface area contributed by atoms with Crippen molar-refractivity contribution in [2.45, 2.75) is 72.4 Å². The number of nitrogens with two attached hydrogens (primary N) is 1. The van der Waals surface area contributed by atoms with Gasteiger partial charge in [0, 0.05) is 55.4 Å². The fraction of sp³-hybridized carbons (Fsp3) is 0.531. The Hall–Kier alpha value is -4.02. The van der Waals surface area contributed by atoms with Gasteiger partial charge in [-0.3, -0.25) is 14.3 Å². The van der Waals surface area contributed by atoms with Crippen molar-refractivity contribution in [1.82, 2.24) is 25.1 Å². The summed E-state index contributed by atoms with van der Waals surface area (Å²) in [6.45, 7) is 11.3. The molecule has 2 aromatic heterocycles. The number of amides is 2. The number of piperidine rings is 1. The van der Waals surface area contributed by atoms with Crippen molar-refractivity contribution in [3.05, 3.63) is 54.4 Å². The number of nitrogens with one attached hydrogen (secondary N) is 1. The van der Waals surface area contributed by atoms with E-state index in [9.17, 15) is 14.0 Å². The summed E-state index contributed by atoms with van der Waals surface area (Å²) in [7, 11) is 0. The fourth-order valence-corrected chi connectivity index (χ4v) is 5.33. The molecule has 232 valence electrons. The summed E-state index contributed by atoms with van der Waals surface area (Å²) in [5.74, 6) is 0.367. The summed E-state index contributed by atoms with van der Waals surface area (Å²) in [5.41, 5.74) is 7.22. The van der Waals surface area contributed by atoms with Crippen LogP contribution in [0.3, 0.4) is 0 Å². The maximum absolute atomic E-state index is 14.7. The first kappa shape index (κ1) is 31.9. The van der Waals surface area contributed by atoms with Crippen LogP contribution in [-0.2, 0) is 11.3 Å². The van der Waals surface area contributed by atoms with Crippen LogP contribution in [0.4, 0.5) is 10.3 Å². The minimum Gasteiger partial charge on any atom is -0.493 e. The smallest absolute Gasteiger partial charge is 0.254 e. The van der Waals surface area contributed by atoms with Gasteiger partial charge in [-0.2, -0.15) is 5.10 Å². The van der Waals surface area contributed by atoms with Crippen molar-refractivity contribution >= 4 is 17.8 Å². The molecule has 10 nitrogen and oxygen atoms in total. The first-order chi connectivity index (χ1) is 20.6. The lowest BCUT2D eigenvalue weighted by Gasteiger charge is -2.32. The predicted octanol–water partition coefficient (Wildman–Crippen LogP) is 4.84. The number of nitrogens with zero attached hydrogens (tertiary/aromatic N) is 5. The lowest BCUT2D eigenvalue weighted by molar-refractivity contribution is -0.120. The monoisotopic (exact) mass is 593 g/mol. The Labute approximate surface area is 253 Å². The summed E-state index contributed by atoms with van der Waals surface area (Å²) >= 11 is 0. The van der Waals surface area contributed by atoms with E-state index in [1.54, 1.807) is 6.07 Å². The maximum Gasteiger partial charge on any atom is 0.254 e. The number of hydrogen-bond donors (Lipinski definition) is 2. The predicted molar refractivity (Wildman–Crippen MR) is 164 cm³/mol. The molecule has 43 heavy (non-hydrogen) atoms. The number of anilines is 1. The number of rotatable bonds is 14. The number of halogens is 1. The molecule has 1 aromatic carbocycles. The highest BCUT2D eigenvalue weighted by Crippen LogP contribution is 2.26. The highest BCUT2D eigenvalue weighted by atomic mass is 19.1. The third kappa shape index (κ3) is 9.23. The molecule has 0 unspecified atom stereocenters. The molecule has 1 atom stereocenters. The quantitative estimate of drug-likeness (QED) is 0.256. The van der Waals surface area contributed by atoms with Gasteiger partial charge in [-0.1, -0.05) is 27.7 Å². The van der Waals surface area contributed by atoms with Crippen molar-refractivity contribution < 1.29 is 18.7 Å². The molecule has 1 aliphatic heterocycles. The topological polar surface area (TPSA) is 128 Å². The zero-order valence-corrected chi connectivity index (χ0v) is 25.6. The van der Waals surface area contributed by atoms with E-state index in [4.69, 9.17) is 10.5 Å². The molecular formula is C32H44FN7O3. The molecule has 0 aliphatic carbocycles. The maximum atomic E-state index is 14.7. The van der Waals surface area contributed by atoms with E-state index in [0.29, 0.717) is 30.6 Å². The molecule has 0 spiro atoms. The molecule has 1 fully saturated rings. The number of aromatic nitrogens is 4. The lowest BCUT2D eigenvalue weighted by Crippen LogP contribution is -2.45. The number of carbonyl (C=O) groups excluding carboxylic acids is 2. The Morgan fingerprint density at radius 2 is 1.79 bits per heavy atom. The number of primary amides is 1. The standard InChI is InChI=1S/C32H44FN7O3/c1-21(2)14-29(30(34)41)38-31(42)27-8-7-26(15-28(27)33)43-13-5-6-23-9-11-39(12-10-23)32-35-16-24(17-36-32)25-18-37-40(20-25)19-22(3)4/h7-8,15-18,20-23,29H,5-6,9-14,19H2,1-4H3,(H2,34,41)(H,38,42)/t29-/m0/s1. The second-order valence-corrected chi connectivity index (χ2v) is 12.2. The minimum atomic E-state index is -0.848. The van der Waals surface area contributed by atoms with Crippen LogP contribution in [0.2, 0.25) is 0 Å². The molecule has 3 N–H and O–H groups in total. The van der Waals surface area contributed by atoms with Crippen LogP contribution in [0.25, 0.3) is 11.1 Å². The zero-order chi connectivity index (χ0) is 30.9. The molecule has 4 rings (SSSR count). The Morgan fingerprint density at radius 3 is 2.42 bits per heavy atom. The molecule has 2 amide bonds.